The van der Waals surface area contributed by atoms with Crippen molar-refractivity contribution in [1.29, 1.82) is 0 Å². The first-order valence-electron chi connectivity index (χ1n) is 5.44. The fourth-order valence-corrected chi connectivity index (χ4v) is 2.30. The van der Waals surface area contributed by atoms with Gasteiger partial charge in [0, 0.05) is 7.05 Å². The van der Waals surface area contributed by atoms with Crippen LogP contribution in [-0.2, 0) is 6.54 Å². The Balaban J connectivity index is 2.08. The van der Waals surface area contributed by atoms with Crippen LogP contribution in [0.4, 0.5) is 5.00 Å². The van der Waals surface area contributed by atoms with Gasteiger partial charge in [0.2, 0.25) is 0 Å². The second kappa shape index (κ2) is 5.18. The molecule has 2 aromatic rings. The summed E-state index contributed by atoms with van der Waals surface area (Å²) in [4.78, 5) is 16.1. The average Bonchev–Trinajstić information content (AvgIpc) is 2.92. The topological polar surface area (TPSA) is 80.0 Å². The van der Waals surface area contributed by atoms with Crippen molar-refractivity contribution in [2.75, 3.05) is 12.4 Å². The highest BCUT2D eigenvalue weighted by Crippen LogP contribution is 2.23. The third kappa shape index (κ3) is 2.35. The number of carbonyl (C=O) groups is 1. The van der Waals surface area contributed by atoms with E-state index in [0.29, 0.717) is 17.9 Å². The molecule has 2 heterocycles. The molecule has 0 aliphatic heterocycles. The van der Waals surface area contributed by atoms with E-state index in [9.17, 15) is 4.79 Å². The van der Waals surface area contributed by atoms with Gasteiger partial charge in [-0.15, -0.1) is 0 Å². The van der Waals surface area contributed by atoms with Crippen molar-refractivity contribution in [3.63, 3.8) is 0 Å². The van der Waals surface area contributed by atoms with Crippen molar-refractivity contribution < 1.29 is 9.21 Å². The lowest BCUT2D eigenvalue weighted by molar-refractivity contribution is 0.0951. The zero-order chi connectivity index (χ0) is 13.1. The van der Waals surface area contributed by atoms with Gasteiger partial charge in [0.05, 0.1) is 17.8 Å². The van der Waals surface area contributed by atoms with Gasteiger partial charge in [0.15, 0.2) is 6.39 Å². The number of nitrogens with zero attached hydrogens (tertiary/aromatic N) is 2. The number of hydrogen-bond donors (Lipinski definition) is 2. The third-order valence-corrected chi connectivity index (χ3v) is 3.53. The van der Waals surface area contributed by atoms with E-state index in [-0.39, 0.29) is 5.91 Å². The van der Waals surface area contributed by atoms with E-state index >= 15 is 0 Å². The predicted molar refractivity (Wildman–Crippen MR) is 68.8 cm³/mol. The van der Waals surface area contributed by atoms with Crippen molar-refractivity contribution in [2.24, 2.45) is 0 Å². The Bertz CT molecular complexity index is 561. The van der Waals surface area contributed by atoms with E-state index in [1.54, 1.807) is 7.05 Å². The van der Waals surface area contributed by atoms with Crippen LogP contribution in [-0.4, -0.2) is 22.3 Å². The Morgan fingerprint density at radius 2 is 2.28 bits per heavy atom. The van der Waals surface area contributed by atoms with Gasteiger partial charge < -0.3 is 15.1 Å². The first-order valence-corrected chi connectivity index (χ1v) is 6.22. The lowest BCUT2D eigenvalue weighted by Gasteiger charge is -2.05. The minimum atomic E-state index is -0.159. The fourth-order valence-electron chi connectivity index (χ4n) is 1.56. The van der Waals surface area contributed by atoms with Crippen molar-refractivity contribution in [2.45, 2.75) is 20.4 Å². The summed E-state index contributed by atoms with van der Waals surface area (Å²) in [6.45, 7) is 3.97. The van der Waals surface area contributed by atoms with E-state index in [0.717, 1.165) is 16.4 Å². The summed E-state index contributed by atoms with van der Waals surface area (Å²) in [5.74, 6) is 0.553. The van der Waals surface area contributed by atoms with Gasteiger partial charge in [0.25, 0.3) is 5.91 Å². The molecule has 0 saturated heterocycles. The molecule has 0 radical (unpaired) electrons. The average molecular weight is 266 g/mol. The highest BCUT2D eigenvalue weighted by Gasteiger charge is 2.17. The Hall–Kier alpha value is -1.89. The highest BCUT2D eigenvalue weighted by molar-refractivity contribution is 7.10. The molecule has 0 aromatic carbocycles. The summed E-state index contributed by atoms with van der Waals surface area (Å²) in [6, 6.07) is 0. The van der Waals surface area contributed by atoms with Crippen molar-refractivity contribution in [3.8, 4) is 0 Å². The Kier molecular flexibility index (Phi) is 3.61. The lowest BCUT2D eigenvalue weighted by atomic mass is 10.2. The van der Waals surface area contributed by atoms with Crippen molar-refractivity contribution >= 4 is 22.4 Å². The maximum atomic E-state index is 12.1. The number of carbonyl (C=O) groups excluding carboxylic acids is 1. The molecule has 0 fully saturated rings. The number of amides is 1. The first kappa shape index (κ1) is 12.6. The molecule has 6 nitrogen and oxygen atoms in total. The van der Waals surface area contributed by atoms with Crippen molar-refractivity contribution in [1.82, 2.24) is 14.7 Å². The second-order valence-electron chi connectivity index (χ2n) is 3.76. The minimum Gasteiger partial charge on any atom is -0.448 e. The Morgan fingerprint density at radius 1 is 1.50 bits per heavy atom. The zero-order valence-corrected chi connectivity index (χ0v) is 11.2. The Labute approximate surface area is 109 Å². The van der Waals surface area contributed by atoms with Crippen LogP contribution in [0.25, 0.3) is 0 Å². The van der Waals surface area contributed by atoms with Crippen LogP contribution in [0.1, 0.15) is 27.5 Å². The van der Waals surface area contributed by atoms with Crippen LogP contribution in [0, 0.1) is 13.8 Å². The quantitative estimate of drug-likeness (QED) is 0.880. The normalized spacial score (nSPS) is 10.4. The largest absolute Gasteiger partial charge is 0.448 e. The fraction of sp³-hybridized carbons (Fsp3) is 0.364. The molecule has 0 aliphatic carbocycles. The number of oxazole rings is 1. The Morgan fingerprint density at radius 3 is 2.89 bits per heavy atom. The maximum Gasteiger partial charge on any atom is 0.256 e. The third-order valence-electron chi connectivity index (χ3n) is 2.58. The smallest absolute Gasteiger partial charge is 0.256 e. The molecule has 0 aliphatic rings. The van der Waals surface area contributed by atoms with Crippen LogP contribution < -0.4 is 10.6 Å². The van der Waals surface area contributed by atoms with Gasteiger partial charge in [0.1, 0.15) is 16.5 Å². The molecule has 2 rings (SSSR count). The van der Waals surface area contributed by atoms with Crippen LogP contribution >= 0.6 is 11.5 Å². The van der Waals surface area contributed by atoms with E-state index < -0.39 is 0 Å². The molecule has 0 spiro atoms. The van der Waals surface area contributed by atoms with Gasteiger partial charge in [-0.2, -0.15) is 4.37 Å². The first-order chi connectivity index (χ1) is 8.63. The number of nitrogens with one attached hydrogen (secondary N) is 2. The summed E-state index contributed by atoms with van der Waals surface area (Å²) >= 11 is 1.27. The number of hydrogen-bond acceptors (Lipinski definition) is 6. The molecule has 0 atom stereocenters. The van der Waals surface area contributed by atoms with Crippen LogP contribution in [0.15, 0.2) is 10.8 Å². The maximum absolute atomic E-state index is 12.1. The van der Waals surface area contributed by atoms with Gasteiger partial charge >= 0.3 is 0 Å². The summed E-state index contributed by atoms with van der Waals surface area (Å²) in [7, 11) is 1.77. The SMILES string of the molecule is CNc1snc(C)c1C(=O)NCc1ncoc1C. The van der Waals surface area contributed by atoms with E-state index in [1.807, 2.05) is 13.8 Å². The van der Waals surface area contributed by atoms with Crippen LogP contribution in [0.3, 0.4) is 0 Å². The molecule has 0 bridgehead atoms. The molecule has 2 N–H and O–H groups in total. The summed E-state index contributed by atoms with van der Waals surface area (Å²) in [6.07, 6.45) is 1.37. The molecular formula is C11H14N4O2S. The van der Waals surface area contributed by atoms with Gasteiger partial charge in [-0.25, -0.2) is 4.98 Å². The van der Waals surface area contributed by atoms with Crippen LogP contribution in [0.2, 0.25) is 0 Å². The van der Waals surface area contributed by atoms with Crippen LogP contribution in [0.5, 0.6) is 0 Å². The molecule has 96 valence electrons. The molecule has 2 aromatic heterocycles. The van der Waals surface area contributed by atoms with E-state index in [1.165, 1.54) is 17.9 Å². The summed E-state index contributed by atoms with van der Waals surface area (Å²) in [5, 5.41) is 6.54. The predicted octanol–water partition coefficient (Wildman–Crippen LogP) is 1.72. The number of anilines is 1. The van der Waals surface area contributed by atoms with E-state index in [2.05, 4.69) is 20.0 Å². The second-order valence-corrected chi connectivity index (χ2v) is 4.53. The highest BCUT2D eigenvalue weighted by atomic mass is 32.1. The number of rotatable bonds is 4. The minimum absolute atomic E-state index is 0.159. The summed E-state index contributed by atoms with van der Waals surface area (Å²) in [5.41, 5.74) is 2.04. The molecular weight excluding hydrogens is 252 g/mol. The molecule has 7 heteroatoms. The summed E-state index contributed by atoms with van der Waals surface area (Å²) < 4.78 is 9.23. The van der Waals surface area contributed by atoms with E-state index in [4.69, 9.17) is 4.42 Å². The number of aryl methyl sites for hydroxylation is 2. The van der Waals surface area contributed by atoms with Gasteiger partial charge in [-0.05, 0) is 25.4 Å². The molecule has 0 saturated carbocycles. The standard InChI is InChI=1S/C11H14N4O2S/c1-6-9(11(12-3)18-15-6)10(16)13-4-8-7(2)17-5-14-8/h5,12H,4H2,1-3H3,(H,13,16). The monoisotopic (exact) mass is 266 g/mol. The van der Waals surface area contributed by atoms with Gasteiger partial charge in [-0.1, -0.05) is 0 Å². The lowest BCUT2D eigenvalue weighted by Crippen LogP contribution is -2.24. The molecule has 1 amide bonds. The van der Waals surface area contributed by atoms with Gasteiger partial charge in [-0.3, -0.25) is 4.79 Å². The number of aromatic nitrogens is 2. The zero-order valence-electron chi connectivity index (χ0n) is 10.4. The molecule has 0 unspecified atom stereocenters. The van der Waals surface area contributed by atoms with Crippen molar-refractivity contribution in [3.05, 3.63) is 29.1 Å². The molecule has 18 heavy (non-hydrogen) atoms.